The van der Waals surface area contributed by atoms with E-state index in [9.17, 15) is 5.11 Å². The van der Waals surface area contributed by atoms with Crippen molar-refractivity contribution in [3.05, 3.63) is 29.3 Å². The smallest absolute Gasteiger partial charge is 0.115 e. The van der Waals surface area contributed by atoms with Crippen LogP contribution in [0.2, 0.25) is 0 Å². The molecule has 0 bridgehead atoms. The summed E-state index contributed by atoms with van der Waals surface area (Å²) in [6.45, 7) is 7.11. The third-order valence-electron chi connectivity index (χ3n) is 5.01. The van der Waals surface area contributed by atoms with Crippen molar-refractivity contribution in [3.63, 3.8) is 0 Å². The Bertz CT molecular complexity index is 452. The van der Waals surface area contributed by atoms with Crippen molar-refractivity contribution in [1.82, 2.24) is 10.2 Å². The van der Waals surface area contributed by atoms with E-state index >= 15 is 0 Å². The van der Waals surface area contributed by atoms with Crippen molar-refractivity contribution < 1.29 is 5.11 Å². The molecule has 0 radical (unpaired) electrons. The summed E-state index contributed by atoms with van der Waals surface area (Å²) >= 11 is 0. The molecule has 0 spiro atoms. The molecule has 0 saturated carbocycles. The molecule has 110 valence electrons. The lowest BCUT2D eigenvalue weighted by molar-refractivity contribution is 0.187. The molecule has 1 aromatic rings. The molecule has 1 aliphatic heterocycles. The van der Waals surface area contributed by atoms with Gasteiger partial charge in [-0.05, 0) is 81.0 Å². The Morgan fingerprint density at radius 1 is 1.25 bits per heavy atom. The van der Waals surface area contributed by atoms with Gasteiger partial charge in [0.05, 0.1) is 0 Å². The molecule has 1 atom stereocenters. The Kier molecular flexibility index (Phi) is 4.27. The number of likely N-dealkylation sites (tertiary alicyclic amines) is 1. The molecule has 0 amide bonds. The standard InChI is InChI=1S/C17H26N2O/c1-2-19-9-7-13(8-10-19)12-18-17-6-3-14-11-15(20)4-5-16(14)17/h4-5,11,13,17-18,20H,2-3,6-10,12H2,1H3. The van der Waals surface area contributed by atoms with Crippen LogP contribution in [0.4, 0.5) is 0 Å². The highest BCUT2D eigenvalue weighted by molar-refractivity contribution is 5.40. The molecular weight excluding hydrogens is 248 g/mol. The number of phenols is 1. The maximum Gasteiger partial charge on any atom is 0.115 e. The number of benzene rings is 1. The maximum absolute atomic E-state index is 9.54. The second-order valence-corrected chi connectivity index (χ2v) is 6.26. The number of rotatable bonds is 4. The van der Waals surface area contributed by atoms with Crippen LogP contribution in [0, 0.1) is 5.92 Å². The molecule has 0 aromatic heterocycles. The molecule has 2 aliphatic rings. The van der Waals surface area contributed by atoms with Crippen LogP contribution in [0.25, 0.3) is 0 Å². The van der Waals surface area contributed by atoms with Crippen LogP contribution in [0.5, 0.6) is 5.75 Å². The first-order valence-electron chi connectivity index (χ1n) is 8.03. The van der Waals surface area contributed by atoms with Gasteiger partial charge in [-0.15, -0.1) is 0 Å². The number of aryl methyl sites for hydroxylation is 1. The first-order valence-corrected chi connectivity index (χ1v) is 8.03. The van der Waals surface area contributed by atoms with Gasteiger partial charge >= 0.3 is 0 Å². The number of nitrogens with zero attached hydrogens (tertiary/aromatic N) is 1. The Balaban J connectivity index is 1.51. The zero-order valence-electron chi connectivity index (χ0n) is 12.4. The molecule has 1 aromatic carbocycles. The number of nitrogens with one attached hydrogen (secondary N) is 1. The van der Waals surface area contributed by atoms with Crippen LogP contribution in [-0.2, 0) is 6.42 Å². The van der Waals surface area contributed by atoms with Crippen LogP contribution in [0.1, 0.15) is 43.4 Å². The summed E-state index contributed by atoms with van der Waals surface area (Å²) in [6.07, 6.45) is 4.92. The molecular formula is C17H26N2O. The number of piperidine rings is 1. The highest BCUT2D eigenvalue weighted by atomic mass is 16.3. The minimum absolute atomic E-state index is 0.399. The number of hydrogen-bond donors (Lipinski definition) is 2. The molecule has 3 nitrogen and oxygen atoms in total. The Morgan fingerprint density at radius 3 is 2.80 bits per heavy atom. The van der Waals surface area contributed by atoms with Gasteiger partial charge in [-0.3, -0.25) is 0 Å². The largest absolute Gasteiger partial charge is 0.508 e. The van der Waals surface area contributed by atoms with E-state index in [4.69, 9.17) is 0 Å². The molecule has 3 heteroatoms. The molecule has 3 rings (SSSR count). The summed E-state index contributed by atoms with van der Waals surface area (Å²) < 4.78 is 0. The fourth-order valence-electron chi connectivity index (χ4n) is 3.63. The molecule has 1 saturated heterocycles. The average molecular weight is 274 g/mol. The second-order valence-electron chi connectivity index (χ2n) is 6.26. The van der Waals surface area contributed by atoms with Crippen molar-refractivity contribution in [1.29, 1.82) is 0 Å². The van der Waals surface area contributed by atoms with Crippen LogP contribution in [0.15, 0.2) is 18.2 Å². The molecule has 2 N–H and O–H groups in total. The van der Waals surface area contributed by atoms with Gasteiger partial charge in [0.25, 0.3) is 0 Å². The van der Waals surface area contributed by atoms with Crippen LogP contribution in [0.3, 0.4) is 0 Å². The summed E-state index contributed by atoms with van der Waals surface area (Å²) in [5.41, 5.74) is 2.72. The summed E-state index contributed by atoms with van der Waals surface area (Å²) in [6, 6.07) is 6.33. The van der Waals surface area contributed by atoms with Crippen molar-refractivity contribution in [3.8, 4) is 5.75 Å². The second kappa shape index (κ2) is 6.15. The van der Waals surface area contributed by atoms with E-state index in [2.05, 4.69) is 23.2 Å². The predicted octanol–water partition coefficient (Wildman–Crippen LogP) is 2.70. The first-order chi connectivity index (χ1) is 9.76. The Morgan fingerprint density at radius 2 is 2.05 bits per heavy atom. The van der Waals surface area contributed by atoms with E-state index in [0.717, 1.165) is 18.9 Å². The lowest BCUT2D eigenvalue weighted by Crippen LogP contribution is -2.37. The molecule has 1 aliphatic carbocycles. The monoisotopic (exact) mass is 274 g/mol. The van der Waals surface area contributed by atoms with Crippen LogP contribution < -0.4 is 5.32 Å². The summed E-state index contributed by atoms with van der Waals surface area (Å²) in [4.78, 5) is 2.55. The molecule has 1 heterocycles. The van der Waals surface area contributed by atoms with Gasteiger partial charge in [0.2, 0.25) is 0 Å². The van der Waals surface area contributed by atoms with Gasteiger partial charge in [-0.25, -0.2) is 0 Å². The van der Waals surface area contributed by atoms with Crippen molar-refractivity contribution >= 4 is 0 Å². The van der Waals surface area contributed by atoms with Crippen molar-refractivity contribution in [2.75, 3.05) is 26.2 Å². The number of fused-ring (bicyclic) bond motifs is 1. The van der Waals surface area contributed by atoms with E-state index in [-0.39, 0.29) is 0 Å². The normalized spacial score (nSPS) is 23.9. The molecule has 20 heavy (non-hydrogen) atoms. The summed E-state index contributed by atoms with van der Waals surface area (Å²) in [5, 5.41) is 13.3. The SMILES string of the molecule is CCN1CCC(CNC2CCc3cc(O)ccc32)CC1. The van der Waals surface area contributed by atoms with Crippen LogP contribution >= 0.6 is 0 Å². The fourth-order valence-corrected chi connectivity index (χ4v) is 3.63. The quantitative estimate of drug-likeness (QED) is 0.886. The predicted molar refractivity (Wildman–Crippen MR) is 82.0 cm³/mol. The lowest BCUT2D eigenvalue weighted by Gasteiger charge is -2.31. The number of aromatic hydroxyl groups is 1. The van der Waals surface area contributed by atoms with Gasteiger partial charge in [0, 0.05) is 6.04 Å². The molecule has 1 fully saturated rings. The molecule has 1 unspecified atom stereocenters. The Hall–Kier alpha value is -1.06. The highest BCUT2D eigenvalue weighted by Crippen LogP contribution is 2.33. The zero-order valence-corrected chi connectivity index (χ0v) is 12.4. The van der Waals surface area contributed by atoms with E-state index in [1.165, 1.54) is 50.0 Å². The van der Waals surface area contributed by atoms with E-state index < -0.39 is 0 Å². The van der Waals surface area contributed by atoms with Gasteiger partial charge in [-0.2, -0.15) is 0 Å². The third-order valence-corrected chi connectivity index (χ3v) is 5.01. The number of hydrogen-bond acceptors (Lipinski definition) is 3. The van der Waals surface area contributed by atoms with E-state index in [1.807, 2.05) is 12.1 Å². The fraction of sp³-hybridized carbons (Fsp3) is 0.647. The average Bonchev–Trinajstić information content (AvgIpc) is 2.88. The minimum atomic E-state index is 0.399. The van der Waals surface area contributed by atoms with Gasteiger partial charge in [0.1, 0.15) is 5.75 Å². The zero-order chi connectivity index (χ0) is 13.9. The van der Waals surface area contributed by atoms with Gasteiger partial charge in [-0.1, -0.05) is 13.0 Å². The first kappa shape index (κ1) is 13.9. The van der Waals surface area contributed by atoms with E-state index in [1.54, 1.807) is 0 Å². The van der Waals surface area contributed by atoms with Crippen molar-refractivity contribution in [2.45, 2.75) is 38.6 Å². The van der Waals surface area contributed by atoms with Crippen LogP contribution in [-0.4, -0.2) is 36.2 Å². The van der Waals surface area contributed by atoms with E-state index in [0.29, 0.717) is 11.8 Å². The Labute approximate surface area is 122 Å². The van der Waals surface area contributed by atoms with Gasteiger partial charge in [0.15, 0.2) is 0 Å². The maximum atomic E-state index is 9.54. The van der Waals surface area contributed by atoms with Gasteiger partial charge < -0.3 is 15.3 Å². The summed E-state index contributed by atoms with van der Waals surface area (Å²) in [7, 11) is 0. The highest BCUT2D eigenvalue weighted by Gasteiger charge is 2.24. The summed E-state index contributed by atoms with van der Waals surface area (Å²) in [5.74, 6) is 1.23. The lowest BCUT2D eigenvalue weighted by atomic mass is 9.96. The number of phenolic OH excluding ortho intramolecular Hbond substituents is 1. The third kappa shape index (κ3) is 2.99. The minimum Gasteiger partial charge on any atom is -0.508 e. The van der Waals surface area contributed by atoms with Crippen molar-refractivity contribution in [2.24, 2.45) is 5.92 Å². The topological polar surface area (TPSA) is 35.5 Å².